The average Bonchev–Trinajstić information content (AvgIpc) is 3.66. The molecule has 3 aromatic carbocycles. The Morgan fingerprint density at radius 2 is 1.87 bits per heavy atom. The molecule has 2 amide bonds. The summed E-state index contributed by atoms with van der Waals surface area (Å²) in [4.78, 5) is 28.2. The van der Waals surface area contributed by atoms with Crippen molar-refractivity contribution in [2.45, 2.75) is 50.8 Å². The number of anilines is 2. The number of aliphatic hydroxyl groups is 2. The lowest BCUT2D eigenvalue weighted by molar-refractivity contribution is -0.139. The summed E-state index contributed by atoms with van der Waals surface area (Å²) >= 11 is 0. The number of piperidine rings is 1. The van der Waals surface area contributed by atoms with Crippen LogP contribution in [0.25, 0.3) is 0 Å². The van der Waals surface area contributed by atoms with Crippen LogP contribution in [0.5, 0.6) is 0 Å². The number of hydrogen-bond acceptors (Lipinski definition) is 7. The molecule has 3 heterocycles. The summed E-state index contributed by atoms with van der Waals surface area (Å²) in [7, 11) is 0. The molecule has 244 valence electrons. The second-order valence-electron chi connectivity index (χ2n) is 12.5. The molecule has 6 rings (SSSR count). The van der Waals surface area contributed by atoms with Gasteiger partial charge in [-0.3, -0.25) is 14.3 Å². The molecule has 4 N–H and O–H groups in total. The molecular formula is C37H42N6O4. The van der Waals surface area contributed by atoms with E-state index in [0.717, 1.165) is 36.2 Å². The summed E-state index contributed by atoms with van der Waals surface area (Å²) in [5, 5.41) is 36.7. The van der Waals surface area contributed by atoms with E-state index < -0.39 is 11.5 Å². The van der Waals surface area contributed by atoms with Gasteiger partial charge in [-0.05, 0) is 55.1 Å². The van der Waals surface area contributed by atoms with Crippen molar-refractivity contribution in [3.8, 4) is 0 Å². The Morgan fingerprint density at radius 3 is 2.62 bits per heavy atom. The zero-order chi connectivity index (χ0) is 32.8. The summed E-state index contributed by atoms with van der Waals surface area (Å²) in [5.41, 5.74) is 2.86. The summed E-state index contributed by atoms with van der Waals surface area (Å²) in [5.74, 6) is -1.11. The fourth-order valence-corrected chi connectivity index (χ4v) is 6.54. The zero-order valence-corrected chi connectivity index (χ0v) is 26.6. The first-order valence-electron chi connectivity index (χ1n) is 16.4. The first-order valence-corrected chi connectivity index (χ1v) is 16.4. The first kappa shape index (κ1) is 32.3. The minimum Gasteiger partial charge on any atom is -0.395 e. The van der Waals surface area contributed by atoms with E-state index in [1.807, 2.05) is 104 Å². The molecular weight excluding hydrogens is 592 g/mol. The van der Waals surface area contributed by atoms with Gasteiger partial charge in [0, 0.05) is 36.5 Å². The van der Waals surface area contributed by atoms with Crippen molar-refractivity contribution in [3.05, 3.63) is 120 Å². The number of aryl methyl sites for hydroxylation is 1. The summed E-state index contributed by atoms with van der Waals surface area (Å²) < 4.78 is 1.74. The van der Waals surface area contributed by atoms with Crippen LogP contribution in [0.15, 0.2) is 97.2 Å². The summed E-state index contributed by atoms with van der Waals surface area (Å²) in [6.45, 7) is 4.30. The largest absolute Gasteiger partial charge is 0.395 e. The van der Waals surface area contributed by atoms with Gasteiger partial charge in [-0.1, -0.05) is 85.0 Å². The maximum absolute atomic E-state index is 13.9. The lowest BCUT2D eigenvalue weighted by Crippen LogP contribution is -2.44. The Morgan fingerprint density at radius 1 is 1.11 bits per heavy atom. The standard InChI is InChI=1S/C37H42N6O4/c1-26(10-7-8-21-42-24-33(40-41-42)31(25-44)28-11-3-2-4-12-28)37(47)32-14-5-6-15-34(32)43(36(37)46)23-27-16-18-30(19-17-27)39-35(45)29-13-9-20-38-22-29/h2-7,10-12,14-19,24,26,29,31,38,44,47H,8-9,13,20-23,25H2,1H3,(H,39,45)/b10-7+/t26-,29?,31?,37+/m0/s1. The lowest BCUT2D eigenvalue weighted by Gasteiger charge is -2.27. The maximum atomic E-state index is 13.9. The molecule has 0 saturated carbocycles. The molecule has 0 bridgehead atoms. The number of benzene rings is 3. The predicted octanol–water partition coefficient (Wildman–Crippen LogP) is 4.36. The Hall–Kier alpha value is -4.64. The molecule has 10 nitrogen and oxygen atoms in total. The Kier molecular flexibility index (Phi) is 9.91. The van der Waals surface area contributed by atoms with E-state index in [4.69, 9.17) is 0 Å². The van der Waals surface area contributed by atoms with Crippen molar-refractivity contribution < 1.29 is 19.8 Å². The Balaban J connectivity index is 1.08. The fourth-order valence-electron chi connectivity index (χ4n) is 6.54. The van der Waals surface area contributed by atoms with Gasteiger partial charge in [0.05, 0.1) is 36.4 Å². The van der Waals surface area contributed by atoms with Crippen LogP contribution in [0.1, 0.15) is 54.5 Å². The van der Waals surface area contributed by atoms with Crippen LogP contribution < -0.4 is 15.5 Å². The summed E-state index contributed by atoms with van der Waals surface area (Å²) in [6.07, 6.45) is 8.19. The predicted molar refractivity (Wildman–Crippen MR) is 181 cm³/mol. The second kappa shape index (κ2) is 14.4. The molecule has 2 unspecified atom stereocenters. The minimum absolute atomic E-state index is 0.0186. The van der Waals surface area contributed by atoms with Crippen LogP contribution in [0.3, 0.4) is 0 Å². The second-order valence-corrected chi connectivity index (χ2v) is 12.5. The average molecular weight is 635 g/mol. The highest BCUT2D eigenvalue weighted by Crippen LogP contribution is 2.45. The zero-order valence-electron chi connectivity index (χ0n) is 26.6. The number of rotatable bonds is 12. The van der Waals surface area contributed by atoms with Gasteiger partial charge >= 0.3 is 0 Å². The molecule has 1 fully saturated rings. The first-order chi connectivity index (χ1) is 22.9. The monoisotopic (exact) mass is 634 g/mol. The van der Waals surface area contributed by atoms with Crippen LogP contribution in [-0.4, -0.2) is 56.7 Å². The minimum atomic E-state index is -1.71. The molecule has 2 aliphatic rings. The van der Waals surface area contributed by atoms with Crippen molar-refractivity contribution in [2.24, 2.45) is 11.8 Å². The molecule has 2 aliphatic heterocycles. The Labute approximate surface area is 275 Å². The third kappa shape index (κ3) is 6.90. The number of carbonyl (C=O) groups excluding carboxylic acids is 2. The van der Waals surface area contributed by atoms with Crippen LogP contribution in [-0.2, 0) is 28.3 Å². The van der Waals surface area contributed by atoms with Crippen LogP contribution in [0.4, 0.5) is 11.4 Å². The van der Waals surface area contributed by atoms with E-state index in [2.05, 4.69) is 20.9 Å². The highest BCUT2D eigenvalue weighted by atomic mass is 16.3. The Bertz CT molecular complexity index is 1700. The molecule has 4 aromatic rings. The SMILES string of the molecule is C[C@@H](/C=C/CCn1cc(C(CO)c2ccccc2)nn1)[C@]1(O)C(=O)N(Cc2ccc(NC(=O)C3CCCNC3)cc2)c2ccccc21. The van der Waals surface area contributed by atoms with Crippen molar-refractivity contribution >= 4 is 23.2 Å². The lowest BCUT2D eigenvalue weighted by atomic mass is 9.83. The number of carbonyl (C=O) groups is 2. The van der Waals surface area contributed by atoms with Crippen molar-refractivity contribution in [1.82, 2.24) is 20.3 Å². The van der Waals surface area contributed by atoms with Gasteiger partial charge in [0.1, 0.15) is 0 Å². The summed E-state index contributed by atoms with van der Waals surface area (Å²) in [6, 6.07) is 24.7. The van der Waals surface area contributed by atoms with Gasteiger partial charge in [0.15, 0.2) is 5.60 Å². The molecule has 1 aromatic heterocycles. The number of aliphatic hydroxyl groups excluding tert-OH is 1. The van der Waals surface area contributed by atoms with Gasteiger partial charge < -0.3 is 25.7 Å². The van der Waals surface area contributed by atoms with Crippen LogP contribution in [0.2, 0.25) is 0 Å². The molecule has 0 aliphatic carbocycles. The third-order valence-corrected chi connectivity index (χ3v) is 9.31. The van der Waals surface area contributed by atoms with E-state index in [0.29, 0.717) is 43.0 Å². The smallest absolute Gasteiger partial charge is 0.264 e. The topological polar surface area (TPSA) is 133 Å². The highest BCUT2D eigenvalue weighted by Gasteiger charge is 2.52. The van der Waals surface area contributed by atoms with Crippen molar-refractivity contribution in [2.75, 3.05) is 29.9 Å². The number of fused-ring (bicyclic) bond motifs is 1. The number of nitrogens with zero attached hydrogens (tertiary/aromatic N) is 4. The van der Waals surface area contributed by atoms with Gasteiger partial charge in [-0.2, -0.15) is 0 Å². The molecule has 10 heteroatoms. The number of para-hydroxylation sites is 1. The van der Waals surface area contributed by atoms with Crippen molar-refractivity contribution in [3.63, 3.8) is 0 Å². The van der Waals surface area contributed by atoms with Gasteiger partial charge in [0.25, 0.3) is 5.91 Å². The number of nitrogens with one attached hydrogen (secondary N) is 2. The van der Waals surface area contributed by atoms with E-state index in [1.165, 1.54) is 0 Å². The maximum Gasteiger partial charge on any atom is 0.264 e. The highest BCUT2D eigenvalue weighted by molar-refractivity contribution is 6.07. The quantitative estimate of drug-likeness (QED) is 0.170. The van der Waals surface area contributed by atoms with Gasteiger partial charge in [0.2, 0.25) is 5.91 Å². The number of allylic oxidation sites excluding steroid dienone is 1. The van der Waals surface area contributed by atoms with E-state index in [-0.39, 0.29) is 30.3 Å². The van der Waals surface area contributed by atoms with Gasteiger partial charge in [-0.15, -0.1) is 5.10 Å². The fraction of sp³-hybridized carbons (Fsp3) is 0.351. The molecule has 4 atom stereocenters. The third-order valence-electron chi connectivity index (χ3n) is 9.31. The number of amides is 2. The van der Waals surface area contributed by atoms with E-state index in [9.17, 15) is 19.8 Å². The van der Waals surface area contributed by atoms with Crippen LogP contribution >= 0.6 is 0 Å². The van der Waals surface area contributed by atoms with Gasteiger partial charge in [-0.25, -0.2) is 0 Å². The normalized spacial score (nSPS) is 20.7. The van der Waals surface area contributed by atoms with Crippen LogP contribution in [0, 0.1) is 11.8 Å². The number of aromatic nitrogens is 3. The molecule has 0 spiro atoms. The van der Waals surface area contributed by atoms with E-state index >= 15 is 0 Å². The molecule has 1 saturated heterocycles. The molecule has 47 heavy (non-hydrogen) atoms. The van der Waals surface area contributed by atoms with E-state index in [1.54, 1.807) is 9.58 Å². The van der Waals surface area contributed by atoms with Crippen molar-refractivity contribution in [1.29, 1.82) is 0 Å². The number of hydrogen-bond donors (Lipinski definition) is 4. The molecule has 0 radical (unpaired) electrons.